The summed E-state index contributed by atoms with van der Waals surface area (Å²) in [5.41, 5.74) is 8.76. The van der Waals surface area contributed by atoms with Crippen LogP contribution in [0, 0.1) is 12.7 Å². The topological polar surface area (TPSA) is 50.9 Å². The van der Waals surface area contributed by atoms with Crippen LogP contribution in [0.2, 0.25) is 0 Å². The first-order chi connectivity index (χ1) is 9.52. The fourth-order valence-electron chi connectivity index (χ4n) is 2.30. The number of nitrogens with zero attached hydrogens (tertiary/aromatic N) is 1. The van der Waals surface area contributed by atoms with Gasteiger partial charge in [0.25, 0.3) is 0 Å². The van der Waals surface area contributed by atoms with Crippen LogP contribution in [0.1, 0.15) is 29.7 Å². The zero-order valence-electron chi connectivity index (χ0n) is 11.5. The summed E-state index contributed by atoms with van der Waals surface area (Å²) >= 11 is 3.33. The number of nitrogens with one attached hydrogen (secondary N) is 1. The minimum Gasteiger partial charge on any atom is -0.383 e. The first-order valence-corrected chi connectivity index (χ1v) is 7.22. The molecule has 0 aliphatic heterocycles. The molecule has 1 atom stereocenters. The van der Waals surface area contributed by atoms with Crippen molar-refractivity contribution < 1.29 is 4.39 Å². The average molecular weight is 338 g/mol. The van der Waals surface area contributed by atoms with Gasteiger partial charge in [0.15, 0.2) is 0 Å². The summed E-state index contributed by atoms with van der Waals surface area (Å²) in [6, 6.07) is 6.57. The van der Waals surface area contributed by atoms with Crippen LogP contribution in [0.25, 0.3) is 0 Å². The third-order valence-corrected chi connectivity index (χ3v) is 3.61. The molecule has 3 N–H and O–H groups in total. The highest BCUT2D eigenvalue weighted by Gasteiger charge is 2.19. The summed E-state index contributed by atoms with van der Waals surface area (Å²) in [7, 11) is 0. The number of anilines is 1. The maximum Gasteiger partial charge on any atom is 0.128 e. The number of nitrogen functional groups attached to an aromatic ring is 1. The second-order valence-electron chi connectivity index (χ2n) is 4.62. The largest absolute Gasteiger partial charge is 0.383 e. The quantitative estimate of drug-likeness (QED) is 0.896. The predicted octanol–water partition coefficient (Wildman–Crippen LogP) is 3.57. The lowest BCUT2D eigenvalue weighted by Crippen LogP contribution is -2.24. The number of rotatable bonds is 4. The van der Waals surface area contributed by atoms with Gasteiger partial charge in [-0.1, -0.05) is 22.9 Å². The summed E-state index contributed by atoms with van der Waals surface area (Å²) in [4.78, 5) is 4.15. The molecule has 3 nitrogen and oxygen atoms in total. The van der Waals surface area contributed by atoms with Crippen LogP contribution in [0.4, 0.5) is 10.2 Å². The molecule has 2 rings (SSSR count). The van der Waals surface area contributed by atoms with Crippen LogP contribution in [0.3, 0.4) is 0 Å². The molecule has 0 amide bonds. The lowest BCUT2D eigenvalue weighted by atomic mass is 9.95. The van der Waals surface area contributed by atoms with Crippen molar-refractivity contribution in [2.45, 2.75) is 19.9 Å². The van der Waals surface area contributed by atoms with Crippen LogP contribution in [0.15, 0.2) is 34.9 Å². The molecule has 0 saturated heterocycles. The van der Waals surface area contributed by atoms with Gasteiger partial charge in [0.05, 0.1) is 6.04 Å². The molecular formula is C15H17BrFN3. The predicted molar refractivity (Wildman–Crippen MR) is 83.0 cm³/mol. The second kappa shape index (κ2) is 6.33. The van der Waals surface area contributed by atoms with Crippen molar-refractivity contribution in [3.8, 4) is 0 Å². The van der Waals surface area contributed by atoms with Crippen molar-refractivity contribution in [2.24, 2.45) is 0 Å². The van der Waals surface area contributed by atoms with Crippen LogP contribution >= 0.6 is 15.9 Å². The second-order valence-corrected chi connectivity index (χ2v) is 5.54. The van der Waals surface area contributed by atoms with E-state index in [0.717, 1.165) is 23.2 Å². The molecule has 0 aliphatic carbocycles. The fourth-order valence-corrected chi connectivity index (χ4v) is 2.78. The summed E-state index contributed by atoms with van der Waals surface area (Å²) in [6.07, 6.45) is 1.68. The van der Waals surface area contributed by atoms with E-state index < -0.39 is 0 Å². The highest BCUT2D eigenvalue weighted by Crippen LogP contribution is 2.30. The SMILES string of the molecule is CCNC(c1cc(F)cc(Br)c1)c1c(C)ccnc1N. The van der Waals surface area contributed by atoms with Crippen molar-refractivity contribution in [3.63, 3.8) is 0 Å². The van der Waals surface area contributed by atoms with Crippen molar-refractivity contribution in [1.82, 2.24) is 10.3 Å². The van der Waals surface area contributed by atoms with Crippen LogP contribution < -0.4 is 11.1 Å². The summed E-state index contributed by atoms with van der Waals surface area (Å²) in [6.45, 7) is 4.72. The summed E-state index contributed by atoms with van der Waals surface area (Å²) < 4.78 is 14.3. The van der Waals surface area contributed by atoms with E-state index in [9.17, 15) is 4.39 Å². The Labute approximate surface area is 126 Å². The lowest BCUT2D eigenvalue weighted by Gasteiger charge is -2.22. The number of hydrogen-bond donors (Lipinski definition) is 2. The standard InChI is InChI=1S/C15H17BrFN3/c1-3-19-14(10-6-11(16)8-12(17)7-10)13-9(2)4-5-20-15(13)18/h4-8,14,19H,3H2,1-2H3,(H2,18,20). The molecular weight excluding hydrogens is 321 g/mol. The Hall–Kier alpha value is -1.46. The van der Waals surface area contributed by atoms with Gasteiger partial charge in [-0.3, -0.25) is 0 Å². The van der Waals surface area contributed by atoms with E-state index in [4.69, 9.17) is 5.73 Å². The maximum atomic E-state index is 13.6. The van der Waals surface area contributed by atoms with Crippen molar-refractivity contribution in [3.05, 3.63) is 57.4 Å². The van der Waals surface area contributed by atoms with Gasteiger partial charge in [-0.15, -0.1) is 0 Å². The van der Waals surface area contributed by atoms with Gasteiger partial charge in [0.1, 0.15) is 11.6 Å². The Morgan fingerprint density at radius 3 is 2.75 bits per heavy atom. The van der Waals surface area contributed by atoms with Gasteiger partial charge in [-0.2, -0.15) is 0 Å². The molecule has 1 heterocycles. The van der Waals surface area contributed by atoms with E-state index in [2.05, 4.69) is 26.2 Å². The van der Waals surface area contributed by atoms with Crippen LogP contribution in [-0.2, 0) is 0 Å². The molecule has 0 spiro atoms. The number of halogens is 2. The number of benzene rings is 1. The van der Waals surface area contributed by atoms with E-state index >= 15 is 0 Å². The first kappa shape index (κ1) is 14.9. The van der Waals surface area contributed by atoms with Gasteiger partial charge in [0, 0.05) is 16.2 Å². The molecule has 0 aliphatic rings. The van der Waals surface area contributed by atoms with Crippen molar-refractivity contribution in [2.75, 3.05) is 12.3 Å². The zero-order valence-corrected chi connectivity index (χ0v) is 13.0. The fraction of sp³-hybridized carbons (Fsp3) is 0.267. The van der Waals surface area contributed by atoms with Gasteiger partial charge >= 0.3 is 0 Å². The number of pyridine rings is 1. The smallest absolute Gasteiger partial charge is 0.128 e. The van der Waals surface area contributed by atoms with Crippen molar-refractivity contribution >= 4 is 21.7 Å². The Kier molecular flexibility index (Phi) is 4.73. The molecule has 0 saturated carbocycles. The molecule has 1 aromatic heterocycles. The van der Waals surface area contributed by atoms with E-state index in [1.165, 1.54) is 12.1 Å². The molecule has 2 aromatic rings. The van der Waals surface area contributed by atoms with Crippen LogP contribution in [-0.4, -0.2) is 11.5 Å². The van der Waals surface area contributed by atoms with E-state index in [1.54, 1.807) is 6.20 Å². The molecule has 5 heteroatoms. The third-order valence-electron chi connectivity index (χ3n) is 3.15. The molecule has 20 heavy (non-hydrogen) atoms. The number of hydrogen-bond acceptors (Lipinski definition) is 3. The molecule has 0 radical (unpaired) electrons. The number of nitrogens with two attached hydrogens (primary N) is 1. The highest BCUT2D eigenvalue weighted by atomic mass is 79.9. The average Bonchev–Trinajstić information content (AvgIpc) is 2.36. The van der Waals surface area contributed by atoms with Gasteiger partial charge in [-0.05, 0) is 48.9 Å². The number of aryl methyl sites for hydroxylation is 1. The van der Waals surface area contributed by atoms with E-state index in [-0.39, 0.29) is 11.9 Å². The minimum atomic E-state index is -0.280. The summed E-state index contributed by atoms with van der Waals surface area (Å²) in [5.74, 6) is 0.189. The van der Waals surface area contributed by atoms with Crippen LogP contribution in [0.5, 0.6) is 0 Å². The Morgan fingerprint density at radius 2 is 2.15 bits per heavy atom. The minimum absolute atomic E-state index is 0.180. The molecule has 0 fully saturated rings. The van der Waals surface area contributed by atoms with Crippen molar-refractivity contribution in [1.29, 1.82) is 0 Å². The molecule has 1 unspecified atom stereocenters. The van der Waals surface area contributed by atoms with E-state index in [1.807, 2.05) is 26.0 Å². The van der Waals surface area contributed by atoms with Gasteiger partial charge in [0.2, 0.25) is 0 Å². The Bertz CT molecular complexity index is 576. The Balaban J connectivity index is 2.56. The Morgan fingerprint density at radius 1 is 1.40 bits per heavy atom. The third kappa shape index (κ3) is 3.16. The molecule has 1 aromatic carbocycles. The summed E-state index contributed by atoms with van der Waals surface area (Å²) in [5, 5.41) is 3.34. The highest BCUT2D eigenvalue weighted by molar-refractivity contribution is 9.10. The first-order valence-electron chi connectivity index (χ1n) is 6.43. The monoisotopic (exact) mass is 337 g/mol. The molecule has 0 bridgehead atoms. The van der Waals surface area contributed by atoms with Gasteiger partial charge in [-0.25, -0.2) is 9.37 Å². The van der Waals surface area contributed by atoms with Gasteiger partial charge < -0.3 is 11.1 Å². The normalized spacial score (nSPS) is 12.4. The molecule has 106 valence electrons. The lowest BCUT2D eigenvalue weighted by molar-refractivity contribution is 0.601. The van der Waals surface area contributed by atoms with E-state index in [0.29, 0.717) is 10.3 Å². The maximum absolute atomic E-state index is 13.6. The zero-order chi connectivity index (χ0) is 14.7. The number of aromatic nitrogens is 1.